The van der Waals surface area contributed by atoms with Gasteiger partial charge in [0.2, 0.25) is 5.91 Å². The predicted molar refractivity (Wildman–Crippen MR) is 101 cm³/mol. The topological polar surface area (TPSA) is 74.2 Å². The number of nitrogens with zero attached hydrogens (tertiary/aromatic N) is 1. The van der Waals surface area contributed by atoms with Crippen LogP contribution in [-0.2, 0) is 17.9 Å². The lowest BCUT2D eigenvalue weighted by Crippen LogP contribution is -2.34. The quantitative estimate of drug-likeness (QED) is 0.681. The molecule has 0 bridgehead atoms. The van der Waals surface area contributed by atoms with Crippen molar-refractivity contribution in [3.05, 3.63) is 65.2 Å². The number of carbonyl (C=O) groups excluding carboxylic acids is 1. The molecule has 1 amide bonds. The standard InChI is InChI=1S/C21H25N3O2/c1-16(2)21(25)24-10-9-23-14-18-6-4-8-20(12-18)26-15-19-7-3-5-17(11-19)13-22/h3-8,11-12,16,23H,9-10,14-15H2,1-2H3,(H,24,25). The van der Waals surface area contributed by atoms with Gasteiger partial charge in [-0.3, -0.25) is 4.79 Å². The lowest BCUT2D eigenvalue weighted by Gasteiger charge is -2.10. The first-order chi connectivity index (χ1) is 12.6. The maximum Gasteiger partial charge on any atom is 0.222 e. The highest BCUT2D eigenvalue weighted by atomic mass is 16.5. The fourth-order valence-corrected chi connectivity index (χ4v) is 2.35. The maximum absolute atomic E-state index is 11.5. The van der Waals surface area contributed by atoms with E-state index in [0.29, 0.717) is 31.8 Å². The third kappa shape index (κ3) is 6.58. The average Bonchev–Trinajstić information content (AvgIpc) is 2.66. The first-order valence-corrected chi connectivity index (χ1v) is 8.77. The van der Waals surface area contributed by atoms with E-state index >= 15 is 0 Å². The molecule has 5 nitrogen and oxygen atoms in total. The van der Waals surface area contributed by atoms with E-state index in [1.54, 1.807) is 6.07 Å². The molecule has 0 radical (unpaired) electrons. The molecule has 0 aliphatic rings. The molecular formula is C21H25N3O2. The fraction of sp³-hybridized carbons (Fsp3) is 0.333. The highest BCUT2D eigenvalue weighted by Gasteiger charge is 2.04. The largest absolute Gasteiger partial charge is 0.489 e. The molecule has 5 heteroatoms. The summed E-state index contributed by atoms with van der Waals surface area (Å²) >= 11 is 0. The number of benzene rings is 2. The summed E-state index contributed by atoms with van der Waals surface area (Å²) in [5.41, 5.74) is 2.71. The summed E-state index contributed by atoms with van der Waals surface area (Å²) in [7, 11) is 0. The summed E-state index contributed by atoms with van der Waals surface area (Å²) in [5, 5.41) is 15.1. The summed E-state index contributed by atoms with van der Waals surface area (Å²) < 4.78 is 5.82. The summed E-state index contributed by atoms with van der Waals surface area (Å²) in [4.78, 5) is 11.5. The normalized spacial score (nSPS) is 10.4. The number of carbonyl (C=O) groups is 1. The smallest absolute Gasteiger partial charge is 0.222 e. The van der Waals surface area contributed by atoms with E-state index < -0.39 is 0 Å². The van der Waals surface area contributed by atoms with Crippen molar-refractivity contribution in [3.8, 4) is 11.8 Å². The van der Waals surface area contributed by atoms with Crippen LogP contribution in [0.3, 0.4) is 0 Å². The zero-order chi connectivity index (χ0) is 18.8. The van der Waals surface area contributed by atoms with E-state index in [1.807, 2.05) is 56.3 Å². The van der Waals surface area contributed by atoms with Gasteiger partial charge in [0, 0.05) is 25.6 Å². The van der Waals surface area contributed by atoms with Crippen molar-refractivity contribution in [1.29, 1.82) is 5.26 Å². The zero-order valence-corrected chi connectivity index (χ0v) is 15.3. The summed E-state index contributed by atoms with van der Waals surface area (Å²) in [5.74, 6) is 0.875. The lowest BCUT2D eigenvalue weighted by atomic mass is 10.1. The minimum absolute atomic E-state index is 0.0117. The summed E-state index contributed by atoms with van der Waals surface area (Å²) in [6.07, 6.45) is 0. The predicted octanol–water partition coefficient (Wildman–Crippen LogP) is 3.00. The molecule has 0 fully saturated rings. The average molecular weight is 351 g/mol. The molecule has 2 aromatic carbocycles. The van der Waals surface area contributed by atoms with Crippen LogP contribution in [-0.4, -0.2) is 19.0 Å². The van der Waals surface area contributed by atoms with Gasteiger partial charge in [-0.05, 0) is 35.4 Å². The molecule has 0 saturated carbocycles. The molecule has 136 valence electrons. The first kappa shape index (κ1) is 19.5. The molecule has 2 N–H and O–H groups in total. The Kier molecular flexibility index (Phi) is 7.66. The first-order valence-electron chi connectivity index (χ1n) is 8.77. The molecule has 0 saturated heterocycles. The summed E-state index contributed by atoms with van der Waals surface area (Å²) in [6, 6.07) is 17.4. The Morgan fingerprint density at radius 3 is 2.65 bits per heavy atom. The van der Waals surface area contributed by atoms with Crippen LogP contribution in [0, 0.1) is 17.2 Å². The Hall–Kier alpha value is -2.84. The Morgan fingerprint density at radius 1 is 1.12 bits per heavy atom. The summed E-state index contributed by atoms with van der Waals surface area (Å²) in [6.45, 7) is 6.22. The van der Waals surface area contributed by atoms with Crippen molar-refractivity contribution in [2.24, 2.45) is 5.92 Å². The van der Waals surface area contributed by atoms with Gasteiger partial charge in [-0.25, -0.2) is 0 Å². The van der Waals surface area contributed by atoms with Crippen LogP contribution in [0.25, 0.3) is 0 Å². The molecule has 0 atom stereocenters. The number of hydrogen-bond acceptors (Lipinski definition) is 4. The minimum atomic E-state index is 0.0117. The van der Waals surface area contributed by atoms with Crippen molar-refractivity contribution < 1.29 is 9.53 Å². The monoisotopic (exact) mass is 351 g/mol. The fourth-order valence-electron chi connectivity index (χ4n) is 2.35. The Morgan fingerprint density at radius 2 is 1.88 bits per heavy atom. The van der Waals surface area contributed by atoms with E-state index in [2.05, 4.69) is 16.7 Å². The van der Waals surface area contributed by atoms with E-state index in [0.717, 1.165) is 16.9 Å². The van der Waals surface area contributed by atoms with Gasteiger partial charge in [-0.2, -0.15) is 5.26 Å². The van der Waals surface area contributed by atoms with Crippen LogP contribution in [0.1, 0.15) is 30.5 Å². The molecule has 0 spiro atoms. The van der Waals surface area contributed by atoms with Crippen molar-refractivity contribution >= 4 is 5.91 Å². The second-order valence-electron chi connectivity index (χ2n) is 6.37. The van der Waals surface area contributed by atoms with Crippen molar-refractivity contribution in [2.75, 3.05) is 13.1 Å². The number of rotatable bonds is 9. The van der Waals surface area contributed by atoms with Gasteiger partial charge in [0.15, 0.2) is 0 Å². The van der Waals surface area contributed by atoms with Crippen LogP contribution < -0.4 is 15.4 Å². The van der Waals surface area contributed by atoms with Crippen LogP contribution in [0.2, 0.25) is 0 Å². The Labute approximate surface area is 155 Å². The van der Waals surface area contributed by atoms with Crippen LogP contribution in [0.4, 0.5) is 0 Å². The third-order valence-electron chi connectivity index (χ3n) is 3.81. The molecule has 0 unspecified atom stereocenters. The second-order valence-corrected chi connectivity index (χ2v) is 6.37. The zero-order valence-electron chi connectivity index (χ0n) is 15.3. The molecule has 0 heterocycles. The number of nitriles is 1. The number of nitrogens with one attached hydrogen (secondary N) is 2. The number of ether oxygens (including phenoxy) is 1. The van der Waals surface area contributed by atoms with Gasteiger partial charge in [0.1, 0.15) is 12.4 Å². The van der Waals surface area contributed by atoms with Gasteiger partial charge in [0.05, 0.1) is 11.6 Å². The van der Waals surface area contributed by atoms with Crippen LogP contribution >= 0.6 is 0 Å². The van der Waals surface area contributed by atoms with Crippen molar-refractivity contribution in [1.82, 2.24) is 10.6 Å². The van der Waals surface area contributed by atoms with Gasteiger partial charge >= 0.3 is 0 Å². The molecule has 0 aliphatic carbocycles. The van der Waals surface area contributed by atoms with Crippen LogP contribution in [0.5, 0.6) is 5.75 Å². The number of amides is 1. The van der Waals surface area contributed by atoms with Gasteiger partial charge in [0.25, 0.3) is 0 Å². The van der Waals surface area contributed by atoms with Gasteiger partial charge in [-0.15, -0.1) is 0 Å². The van der Waals surface area contributed by atoms with E-state index in [-0.39, 0.29) is 11.8 Å². The molecular weight excluding hydrogens is 326 g/mol. The molecule has 26 heavy (non-hydrogen) atoms. The lowest BCUT2D eigenvalue weighted by molar-refractivity contribution is -0.123. The molecule has 2 aromatic rings. The van der Waals surface area contributed by atoms with Gasteiger partial charge < -0.3 is 15.4 Å². The van der Waals surface area contributed by atoms with E-state index in [9.17, 15) is 4.79 Å². The number of hydrogen-bond donors (Lipinski definition) is 2. The molecule has 2 rings (SSSR count). The minimum Gasteiger partial charge on any atom is -0.489 e. The van der Waals surface area contributed by atoms with Crippen molar-refractivity contribution in [2.45, 2.75) is 27.0 Å². The van der Waals surface area contributed by atoms with Crippen LogP contribution in [0.15, 0.2) is 48.5 Å². The SMILES string of the molecule is CC(C)C(=O)NCCNCc1cccc(OCc2cccc(C#N)c2)c1. The third-order valence-corrected chi connectivity index (χ3v) is 3.81. The highest BCUT2D eigenvalue weighted by molar-refractivity contribution is 5.77. The van der Waals surface area contributed by atoms with Gasteiger partial charge in [-0.1, -0.05) is 38.1 Å². The second kappa shape index (κ2) is 10.2. The highest BCUT2D eigenvalue weighted by Crippen LogP contribution is 2.15. The van der Waals surface area contributed by atoms with Crippen molar-refractivity contribution in [3.63, 3.8) is 0 Å². The molecule has 0 aliphatic heterocycles. The maximum atomic E-state index is 11.5. The van der Waals surface area contributed by atoms with E-state index in [4.69, 9.17) is 10.00 Å². The molecule has 0 aromatic heterocycles. The Bertz CT molecular complexity index is 766. The van der Waals surface area contributed by atoms with E-state index in [1.165, 1.54) is 0 Å². The Balaban J connectivity index is 1.77.